The molecule has 0 unspecified atom stereocenters. The summed E-state index contributed by atoms with van der Waals surface area (Å²) in [7, 11) is 0. The third-order valence-electron chi connectivity index (χ3n) is 3.41. The molecular weight excluding hydrogens is 236 g/mol. The summed E-state index contributed by atoms with van der Waals surface area (Å²) in [4.78, 5) is 11.8. The summed E-state index contributed by atoms with van der Waals surface area (Å²) in [5.41, 5.74) is 0. The van der Waals surface area contributed by atoms with E-state index in [1.165, 1.54) is 12.8 Å². The highest BCUT2D eigenvalue weighted by atomic mass is 15.2. The number of nitrogens with zero attached hydrogens (tertiary/aromatic N) is 3. The van der Waals surface area contributed by atoms with Crippen LogP contribution in [0.2, 0.25) is 0 Å². The van der Waals surface area contributed by atoms with Crippen LogP contribution in [-0.4, -0.2) is 29.1 Å². The molecule has 0 aromatic carbocycles. The predicted octanol–water partition coefficient (Wildman–Crippen LogP) is 3.41. The third kappa shape index (κ3) is 3.58. The summed E-state index contributed by atoms with van der Waals surface area (Å²) < 4.78 is 0. The van der Waals surface area contributed by atoms with Crippen molar-refractivity contribution in [1.29, 1.82) is 0 Å². The highest BCUT2D eigenvalue weighted by Crippen LogP contribution is 2.39. The molecule has 0 radical (unpaired) electrons. The van der Waals surface area contributed by atoms with Crippen LogP contribution in [0.3, 0.4) is 0 Å². The number of anilines is 2. The molecule has 0 saturated heterocycles. The molecule has 4 nitrogen and oxygen atoms in total. The Morgan fingerprint density at radius 3 is 2.58 bits per heavy atom. The maximum atomic E-state index is 4.79. The van der Waals surface area contributed by atoms with Crippen molar-refractivity contribution in [3.8, 4) is 0 Å². The summed E-state index contributed by atoms with van der Waals surface area (Å²) in [6.45, 7) is 10.7. The van der Waals surface area contributed by atoms with E-state index in [2.05, 4.69) is 49.0 Å². The molecule has 1 saturated carbocycles. The lowest BCUT2D eigenvalue weighted by Gasteiger charge is -2.28. The molecule has 1 aromatic rings. The van der Waals surface area contributed by atoms with Gasteiger partial charge in [-0.2, -0.15) is 0 Å². The van der Waals surface area contributed by atoms with Crippen LogP contribution in [0.25, 0.3) is 0 Å². The SMILES string of the molecule is CCCN(c1cc(NCC)nc(C2CC2)n1)C(C)C. The van der Waals surface area contributed by atoms with Gasteiger partial charge in [0.2, 0.25) is 0 Å². The summed E-state index contributed by atoms with van der Waals surface area (Å²) in [6, 6.07) is 2.56. The molecule has 1 N–H and O–H groups in total. The summed E-state index contributed by atoms with van der Waals surface area (Å²) in [5, 5.41) is 3.33. The highest BCUT2D eigenvalue weighted by Gasteiger charge is 2.28. The Balaban J connectivity index is 2.30. The van der Waals surface area contributed by atoms with Crippen molar-refractivity contribution in [2.45, 2.75) is 58.9 Å². The van der Waals surface area contributed by atoms with Crippen LogP contribution in [0.5, 0.6) is 0 Å². The third-order valence-corrected chi connectivity index (χ3v) is 3.41. The molecule has 0 atom stereocenters. The van der Waals surface area contributed by atoms with Crippen molar-refractivity contribution >= 4 is 11.6 Å². The maximum absolute atomic E-state index is 4.79. The smallest absolute Gasteiger partial charge is 0.136 e. The first kappa shape index (κ1) is 14.1. The molecule has 106 valence electrons. The van der Waals surface area contributed by atoms with Crippen LogP contribution in [0, 0.1) is 0 Å². The number of hydrogen-bond donors (Lipinski definition) is 1. The maximum Gasteiger partial charge on any atom is 0.136 e. The number of nitrogens with one attached hydrogen (secondary N) is 1. The lowest BCUT2D eigenvalue weighted by Crippen LogP contribution is -2.32. The van der Waals surface area contributed by atoms with Gasteiger partial charge in [-0.1, -0.05) is 6.92 Å². The van der Waals surface area contributed by atoms with E-state index in [-0.39, 0.29) is 0 Å². The van der Waals surface area contributed by atoms with Gasteiger partial charge in [0, 0.05) is 31.1 Å². The first-order valence-corrected chi connectivity index (χ1v) is 7.55. The Labute approximate surface area is 116 Å². The van der Waals surface area contributed by atoms with Crippen LogP contribution in [-0.2, 0) is 0 Å². The monoisotopic (exact) mass is 262 g/mol. The van der Waals surface area contributed by atoms with Gasteiger partial charge in [-0.05, 0) is 40.0 Å². The second-order valence-corrected chi connectivity index (χ2v) is 5.56. The topological polar surface area (TPSA) is 41.0 Å². The van der Waals surface area contributed by atoms with Gasteiger partial charge >= 0.3 is 0 Å². The zero-order chi connectivity index (χ0) is 13.8. The Morgan fingerprint density at radius 2 is 2.05 bits per heavy atom. The predicted molar refractivity (Wildman–Crippen MR) is 80.9 cm³/mol. The fourth-order valence-corrected chi connectivity index (χ4v) is 2.27. The van der Waals surface area contributed by atoms with Gasteiger partial charge in [-0.3, -0.25) is 0 Å². The van der Waals surface area contributed by atoms with Crippen LogP contribution < -0.4 is 10.2 Å². The van der Waals surface area contributed by atoms with E-state index < -0.39 is 0 Å². The van der Waals surface area contributed by atoms with E-state index in [1.807, 2.05) is 0 Å². The van der Waals surface area contributed by atoms with E-state index in [4.69, 9.17) is 4.98 Å². The molecule has 0 bridgehead atoms. The molecule has 0 amide bonds. The molecule has 1 heterocycles. The van der Waals surface area contributed by atoms with Crippen molar-refractivity contribution in [2.24, 2.45) is 0 Å². The fourth-order valence-electron chi connectivity index (χ4n) is 2.27. The molecule has 1 fully saturated rings. The summed E-state index contributed by atoms with van der Waals surface area (Å²) in [6.07, 6.45) is 3.62. The van der Waals surface area contributed by atoms with Crippen molar-refractivity contribution < 1.29 is 0 Å². The van der Waals surface area contributed by atoms with E-state index >= 15 is 0 Å². The lowest BCUT2D eigenvalue weighted by atomic mass is 10.2. The minimum absolute atomic E-state index is 0.469. The second-order valence-electron chi connectivity index (χ2n) is 5.56. The standard InChI is InChI=1S/C15H26N4/c1-5-9-19(11(3)4)14-10-13(16-6-2)17-15(18-14)12-7-8-12/h10-12H,5-9H2,1-4H3,(H,16,17,18). The van der Waals surface area contributed by atoms with Gasteiger partial charge in [-0.25, -0.2) is 9.97 Å². The quantitative estimate of drug-likeness (QED) is 0.817. The second kappa shape index (κ2) is 6.22. The molecule has 19 heavy (non-hydrogen) atoms. The average molecular weight is 262 g/mol. The molecular formula is C15H26N4. The summed E-state index contributed by atoms with van der Waals surface area (Å²) in [5.74, 6) is 3.66. The number of aromatic nitrogens is 2. The largest absolute Gasteiger partial charge is 0.370 e. The zero-order valence-corrected chi connectivity index (χ0v) is 12.6. The molecule has 1 aliphatic rings. The fraction of sp³-hybridized carbons (Fsp3) is 0.733. The lowest BCUT2D eigenvalue weighted by molar-refractivity contribution is 0.658. The van der Waals surface area contributed by atoms with Crippen LogP contribution in [0.15, 0.2) is 6.07 Å². The summed E-state index contributed by atoms with van der Waals surface area (Å²) >= 11 is 0. The van der Waals surface area contributed by atoms with Crippen molar-refractivity contribution in [1.82, 2.24) is 9.97 Å². The minimum atomic E-state index is 0.469. The van der Waals surface area contributed by atoms with Crippen LogP contribution in [0.1, 0.15) is 58.7 Å². The van der Waals surface area contributed by atoms with E-state index in [1.54, 1.807) is 0 Å². The van der Waals surface area contributed by atoms with Gasteiger partial charge in [-0.15, -0.1) is 0 Å². The van der Waals surface area contributed by atoms with E-state index in [0.29, 0.717) is 12.0 Å². The molecule has 1 aliphatic carbocycles. The minimum Gasteiger partial charge on any atom is -0.370 e. The van der Waals surface area contributed by atoms with Crippen molar-refractivity contribution in [3.05, 3.63) is 11.9 Å². The molecule has 0 aliphatic heterocycles. The molecule has 1 aromatic heterocycles. The Hall–Kier alpha value is -1.32. The number of hydrogen-bond acceptors (Lipinski definition) is 4. The number of rotatable bonds is 7. The first-order valence-electron chi connectivity index (χ1n) is 7.55. The normalized spacial score (nSPS) is 14.8. The van der Waals surface area contributed by atoms with Crippen molar-refractivity contribution in [2.75, 3.05) is 23.3 Å². The van der Waals surface area contributed by atoms with Crippen LogP contribution >= 0.6 is 0 Å². The molecule has 0 spiro atoms. The van der Waals surface area contributed by atoms with Gasteiger partial charge in [0.25, 0.3) is 0 Å². The van der Waals surface area contributed by atoms with Crippen molar-refractivity contribution in [3.63, 3.8) is 0 Å². The Kier molecular flexibility index (Phi) is 4.61. The Bertz CT molecular complexity index is 413. The van der Waals surface area contributed by atoms with E-state index in [0.717, 1.165) is 37.0 Å². The van der Waals surface area contributed by atoms with Gasteiger partial charge in [0.05, 0.1) is 0 Å². The zero-order valence-electron chi connectivity index (χ0n) is 12.6. The van der Waals surface area contributed by atoms with Gasteiger partial charge in [0.1, 0.15) is 17.5 Å². The van der Waals surface area contributed by atoms with E-state index in [9.17, 15) is 0 Å². The molecule has 4 heteroatoms. The first-order chi connectivity index (χ1) is 9.15. The van der Waals surface area contributed by atoms with Gasteiger partial charge < -0.3 is 10.2 Å². The highest BCUT2D eigenvalue weighted by molar-refractivity contribution is 5.50. The average Bonchev–Trinajstić information content (AvgIpc) is 3.19. The molecule has 2 rings (SSSR count). The van der Waals surface area contributed by atoms with Crippen LogP contribution in [0.4, 0.5) is 11.6 Å². The Morgan fingerprint density at radius 1 is 1.32 bits per heavy atom. The van der Waals surface area contributed by atoms with Gasteiger partial charge in [0.15, 0.2) is 0 Å².